The van der Waals surface area contributed by atoms with Crippen LogP contribution in [0.1, 0.15) is 23.5 Å². The summed E-state index contributed by atoms with van der Waals surface area (Å²) >= 11 is 0. The van der Waals surface area contributed by atoms with Crippen LogP contribution in [0.3, 0.4) is 0 Å². The van der Waals surface area contributed by atoms with Crippen molar-refractivity contribution in [1.82, 2.24) is 0 Å². The summed E-state index contributed by atoms with van der Waals surface area (Å²) in [5.74, 6) is 0.425. The van der Waals surface area contributed by atoms with Crippen LogP contribution in [-0.4, -0.2) is 24.8 Å². The number of methoxy groups -OCH3 is 1. The summed E-state index contributed by atoms with van der Waals surface area (Å²) in [7, 11) is 1.56. The molecule has 7 heteroatoms. The molecule has 7 nitrogen and oxygen atoms in total. The predicted molar refractivity (Wildman–Crippen MR) is 129 cm³/mol. The highest BCUT2D eigenvalue weighted by Gasteiger charge is 2.35. The van der Waals surface area contributed by atoms with Gasteiger partial charge in [0.25, 0.3) is 0 Å². The molecule has 3 heterocycles. The van der Waals surface area contributed by atoms with Gasteiger partial charge in [-0.3, -0.25) is 9.59 Å². The van der Waals surface area contributed by atoms with E-state index < -0.39 is 11.9 Å². The lowest BCUT2D eigenvalue weighted by atomic mass is 9.83. The van der Waals surface area contributed by atoms with E-state index in [4.69, 9.17) is 18.6 Å². The zero-order valence-corrected chi connectivity index (χ0v) is 18.7. The van der Waals surface area contributed by atoms with E-state index in [-0.39, 0.29) is 40.9 Å². The Bertz CT molecular complexity index is 1580. The van der Waals surface area contributed by atoms with Gasteiger partial charge in [-0.1, -0.05) is 30.3 Å². The maximum Gasteiger partial charge on any atom is 0.312 e. The molecule has 0 aliphatic carbocycles. The number of hydrogen-bond donors (Lipinski definition) is 1. The first kappa shape index (κ1) is 21.0. The Kier molecular flexibility index (Phi) is 4.84. The normalized spacial score (nSPS) is 16.5. The molecule has 174 valence electrons. The van der Waals surface area contributed by atoms with Crippen LogP contribution in [0.25, 0.3) is 28.2 Å². The first-order chi connectivity index (χ1) is 17.0. The van der Waals surface area contributed by atoms with Crippen molar-refractivity contribution in [3.05, 3.63) is 87.8 Å². The summed E-state index contributed by atoms with van der Waals surface area (Å²) in [5.41, 5.74) is 3.04. The van der Waals surface area contributed by atoms with Gasteiger partial charge < -0.3 is 23.7 Å². The predicted octanol–water partition coefficient (Wildman–Crippen LogP) is 5.04. The Balaban J connectivity index is 1.54. The van der Waals surface area contributed by atoms with E-state index in [0.29, 0.717) is 22.4 Å². The molecule has 6 rings (SSSR count). The molecular weight excluding hydrogens is 448 g/mol. The van der Waals surface area contributed by atoms with Gasteiger partial charge in [0.15, 0.2) is 0 Å². The molecule has 0 amide bonds. The van der Waals surface area contributed by atoms with Gasteiger partial charge in [-0.2, -0.15) is 0 Å². The SMILES string of the molecule is COc1ccc(-c2coc3c4c(cc(O)c3c2=O)OC(=O)C[C@@H]4C2=Cc3ccccc3OC2)cc1. The summed E-state index contributed by atoms with van der Waals surface area (Å²) in [6, 6.07) is 15.9. The zero-order valence-electron chi connectivity index (χ0n) is 18.7. The van der Waals surface area contributed by atoms with E-state index in [1.165, 1.54) is 12.3 Å². The first-order valence-electron chi connectivity index (χ1n) is 11.1. The van der Waals surface area contributed by atoms with E-state index in [9.17, 15) is 14.7 Å². The minimum absolute atomic E-state index is 0.0396. The molecule has 1 aromatic heterocycles. The molecule has 0 unspecified atom stereocenters. The summed E-state index contributed by atoms with van der Waals surface area (Å²) < 4.78 is 22.5. The highest BCUT2D eigenvalue weighted by atomic mass is 16.5. The Morgan fingerprint density at radius 2 is 1.83 bits per heavy atom. The van der Waals surface area contributed by atoms with Crippen molar-refractivity contribution in [2.24, 2.45) is 0 Å². The molecule has 35 heavy (non-hydrogen) atoms. The number of carbonyl (C=O) groups is 1. The molecule has 0 spiro atoms. The first-order valence-corrected chi connectivity index (χ1v) is 11.1. The van der Waals surface area contributed by atoms with Crippen molar-refractivity contribution in [2.75, 3.05) is 13.7 Å². The lowest BCUT2D eigenvalue weighted by molar-refractivity contribution is -0.135. The maximum absolute atomic E-state index is 13.5. The van der Waals surface area contributed by atoms with Gasteiger partial charge in [-0.05, 0) is 35.4 Å². The highest BCUT2D eigenvalue weighted by Crippen LogP contribution is 2.47. The molecule has 1 N–H and O–H groups in total. The van der Waals surface area contributed by atoms with E-state index in [0.717, 1.165) is 16.9 Å². The summed E-state index contributed by atoms with van der Waals surface area (Å²) in [6.07, 6.45) is 3.43. The van der Waals surface area contributed by atoms with Crippen LogP contribution in [-0.2, 0) is 4.79 Å². The molecule has 1 atom stereocenters. The number of hydrogen-bond acceptors (Lipinski definition) is 7. The van der Waals surface area contributed by atoms with E-state index in [1.807, 2.05) is 30.3 Å². The van der Waals surface area contributed by atoms with Crippen LogP contribution in [0.5, 0.6) is 23.0 Å². The highest BCUT2D eigenvalue weighted by molar-refractivity contribution is 5.94. The largest absolute Gasteiger partial charge is 0.507 e. The van der Waals surface area contributed by atoms with Crippen molar-refractivity contribution >= 4 is 23.0 Å². The second kappa shape index (κ2) is 8.06. The third kappa shape index (κ3) is 3.44. The Hall–Kier alpha value is -4.52. The molecule has 3 aromatic carbocycles. The number of carbonyl (C=O) groups excluding carboxylic acids is 1. The molecule has 0 fully saturated rings. The van der Waals surface area contributed by atoms with Crippen LogP contribution in [0.4, 0.5) is 0 Å². The van der Waals surface area contributed by atoms with Crippen molar-refractivity contribution in [2.45, 2.75) is 12.3 Å². The Morgan fingerprint density at radius 1 is 1.03 bits per heavy atom. The van der Waals surface area contributed by atoms with Gasteiger partial charge in [0.2, 0.25) is 5.43 Å². The van der Waals surface area contributed by atoms with Gasteiger partial charge in [-0.25, -0.2) is 0 Å². The second-order valence-electron chi connectivity index (χ2n) is 8.50. The number of benzene rings is 3. The molecule has 0 bridgehead atoms. The summed E-state index contributed by atoms with van der Waals surface area (Å²) in [6.45, 7) is 0.283. The standard InChI is InChI=1S/C28H20O7/c1-32-18-8-6-15(7-9-18)20-14-34-28-25-19(17-10-16-4-2-3-5-22(16)33-13-17)11-24(30)35-23(25)12-21(29)26(28)27(20)31/h2-10,12,14,19,29H,11,13H2,1H3/t19-/m1/s1. The number of phenolic OH excluding ortho intramolecular Hbond substituents is 1. The third-order valence-corrected chi connectivity index (χ3v) is 6.47. The number of rotatable bonds is 3. The van der Waals surface area contributed by atoms with Crippen LogP contribution in [0, 0.1) is 0 Å². The number of phenols is 1. The molecule has 2 aliphatic rings. The maximum atomic E-state index is 13.5. The number of aromatic hydroxyl groups is 1. The molecule has 0 radical (unpaired) electrons. The van der Waals surface area contributed by atoms with Crippen LogP contribution < -0.4 is 19.6 Å². The summed E-state index contributed by atoms with van der Waals surface area (Å²) in [4.78, 5) is 26.0. The number of esters is 1. The van der Waals surface area contributed by atoms with Crippen LogP contribution in [0.2, 0.25) is 0 Å². The van der Waals surface area contributed by atoms with Gasteiger partial charge in [0.1, 0.15) is 46.8 Å². The zero-order chi connectivity index (χ0) is 24.1. The van der Waals surface area contributed by atoms with E-state index >= 15 is 0 Å². The van der Waals surface area contributed by atoms with Crippen molar-refractivity contribution in [3.8, 4) is 34.1 Å². The van der Waals surface area contributed by atoms with Crippen molar-refractivity contribution in [3.63, 3.8) is 0 Å². The van der Waals surface area contributed by atoms with Gasteiger partial charge in [0, 0.05) is 23.1 Å². The average molecular weight is 468 g/mol. The van der Waals surface area contributed by atoms with E-state index in [1.54, 1.807) is 31.4 Å². The molecule has 2 aliphatic heterocycles. The lowest BCUT2D eigenvalue weighted by Crippen LogP contribution is -2.25. The topological polar surface area (TPSA) is 95.2 Å². The lowest BCUT2D eigenvalue weighted by Gasteiger charge is -2.29. The van der Waals surface area contributed by atoms with Crippen LogP contribution in [0.15, 0.2) is 75.6 Å². The van der Waals surface area contributed by atoms with Crippen LogP contribution >= 0.6 is 0 Å². The fraction of sp³-hybridized carbons (Fsp3) is 0.143. The van der Waals surface area contributed by atoms with Crippen molar-refractivity contribution in [1.29, 1.82) is 0 Å². The fourth-order valence-corrected chi connectivity index (χ4v) is 4.75. The average Bonchev–Trinajstić information content (AvgIpc) is 2.88. The third-order valence-electron chi connectivity index (χ3n) is 6.47. The van der Waals surface area contributed by atoms with E-state index in [2.05, 4.69) is 0 Å². The Labute approximate surface area is 199 Å². The number of para-hydroxylation sites is 1. The summed E-state index contributed by atoms with van der Waals surface area (Å²) in [5, 5.41) is 10.8. The fourth-order valence-electron chi connectivity index (χ4n) is 4.75. The second-order valence-corrected chi connectivity index (χ2v) is 8.50. The quantitative estimate of drug-likeness (QED) is 0.332. The van der Waals surface area contributed by atoms with Gasteiger partial charge in [-0.15, -0.1) is 0 Å². The smallest absolute Gasteiger partial charge is 0.312 e. The number of ether oxygens (including phenoxy) is 3. The minimum Gasteiger partial charge on any atom is -0.507 e. The van der Waals surface area contributed by atoms with Crippen molar-refractivity contribution < 1.29 is 28.5 Å². The van der Waals surface area contributed by atoms with Gasteiger partial charge >= 0.3 is 5.97 Å². The molecule has 0 saturated carbocycles. The minimum atomic E-state index is -0.433. The Morgan fingerprint density at radius 3 is 2.63 bits per heavy atom. The molecule has 0 saturated heterocycles. The monoisotopic (exact) mass is 468 g/mol. The molecular formula is C28H20O7. The van der Waals surface area contributed by atoms with Gasteiger partial charge in [0.05, 0.1) is 19.1 Å². The number of fused-ring (bicyclic) bond motifs is 4. The molecule has 4 aromatic rings.